The Kier molecular flexibility index (Phi) is 4.77. The molecule has 0 N–H and O–H groups in total. The van der Waals surface area contributed by atoms with Crippen LogP contribution in [0.15, 0.2) is 28.7 Å². The van der Waals surface area contributed by atoms with E-state index in [2.05, 4.69) is 20.5 Å². The molecule has 0 saturated carbocycles. The Hall–Kier alpha value is -2.13. The number of thiazole rings is 1. The van der Waals surface area contributed by atoms with E-state index in [9.17, 15) is 0 Å². The molecule has 3 rings (SSSR count). The van der Waals surface area contributed by atoms with Crippen LogP contribution in [0.2, 0.25) is 0 Å². The van der Waals surface area contributed by atoms with E-state index < -0.39 is 0 Å². The van der Waals surface area contributed by atoms with Gasteiger partial charge in [0.25, 0.3) is 0 Å². The summed E-state index contributed by atoms with van der Waals surface area (Å²) in [4.78, 5) is 4.68. The Bertz CT molecular complexity index is 802. The summed E-state index contributed by atoms with van der Waals surface area (Å²) in [6, 6.07) is 5.77. The molecule has 0 saturated heterocycles. The first-order valence-corrected chi connectivity index (χ1v) is 8.60. The fraction of sp³-hybridized carbons (Fsp3) is 0.286. The maximum Gasteiger partial charge on any atom is 0.209 e. The Morgan fingerprint density at radius 3 is 2.83 bits per heavy atom. The number of hydrogen-bond acceptors (Lipinski definition) is 8. The largest absolute Gasteiger partial charge is 0.493 e. The average molecular weight is 349 g/mol. The lowest BCUT2D eigenvalue weighted by molar-refractivity contribution is 0.356. The van der Waals surface area contributed by atoms with Crippen LogP contribution in [0.3, 0.4) is 0 Å². The number of hydrogen-bond donors (Lipinski definition) is 0. The van der Waals surface area contributed by atoms with E-state index in [1.807, 2.05) is 30.6 Å². The third-order valence-electron chi connectivity index (χ3n) is 3.12. The number of tetrazole rings is 1. The molecule has 0 spiro atoms. The molecule has 2 heterocycles. The molecule has 0 aliphatic heterocycles. The van der Waals surface area contributed by atoms with Crippen LogP contribution >= 0.6 is 23.1 Å². The third-order valence-corrected chi connectivity index (χ3v) is 5.08. The number of aromatic nitrogens is 5. The zero-order valence-electron chi connectivity index (χ0n) is 12.9. The van der Waals surface area contributed by atoms with Gasteiger partial charge in [-0.1, -0.05) is 17.8 Å². The summed E-state index contributed by atoms with van der Waals surface area (Å²) in [5.74, 6) is 2.10. The second kappa shape index (κ2) is 6.97. The molecule has 0 aliphatic carbocycles. The molecule has 0 atom stereocenters. The maximum atomic E-state index is 5.47. The van der Waals surface area contributed by atoms with Gasteiger partial charge in [0.05, 0.1) is 25.5 Å². The summed E-state index contributed by atoms with van der Waals surface area (Å²) < 4.78 is 12.5. The van der Waals surface area contributed by atoms with Crippen LogP contribution in [0.25, 0.3) is 10.6 Å². The van der Waals surface area contributed by atoms with E-state index >= 15 is 0 Å². The fourth-order valence-electron chi connectivity index (χ4n) is 2.03. The van der Waals surface area contributed by atoms with E-state index in [1.165, 1.54) is 0 Å². The molecule has 0 radical (unpaired) electrons. The lowest BCUT2D eigenvalue weighted by Crippen LogP contribution is -1.94. The van der Waals surface area contributed by atoms with E-state index in [1.54, 1.807) is 42.0 Å². The quantitative estimate of drug-likeness (QED) is 0.633. The van der Waals surface area contributed by atoms with Gasteiger partial charge in [0.1, 0.15) is 5.01 Å². The summed E-state index contributed by atoms with van der Waals surface area (Å²) >= 11 is 3.12. The summed E-state index contributed by atoms with van der Waals surface area (Å²) in [5.41, 5.74) is 1.90. The zero-order chi connectivity index (χ0) is 16.2. The lowest BCUT2D eigenvalue weighted by Gasteiger charge is -2.10. The Morgan fingerprint density at radius 2 is 2.13 bits per heavy atom. The van der Waals surface area contributed by atoms with Gasteiger partial charge in [-0.3, -0.25) is 0 Å². The first-order chi connectivity index (χ1) is 11.2. The molecule has 0 aliphatic rings. The summed E-state index contributed by atoms with van der Waals surface area (Å²) in [6.07, 6.45) is 0. The van der Waals surface area contributed by atoms with Gasteiger partial charge in [0, 0.05) is 18.2 Å². The maximum absolute atomic E-state index is 5.47. The molecule has 2 aromatic heterocycles. The molecule has 7 nitrogen and oxygen atoms in total. The van der Waals surface area contributed by atoms with Crippen molar-refractivity contribution in [2.24, 2.45) is 7.05 Å². The summed E-state index contributed by atoms with van der Waals surface area (Å²) in [6.45, 7) is 0. The van der Waals surface area contributed by atoms with Gasteiger partial charge in [-0.25, -0.2) is 9.67 Å². The number of methoxy groups -OCH3 is 2. The van der Waals surface area contributed by atoms with Crippen LogP contribution in [0.1, 0.15) is 5.69 Å². The molecule has 120 valence electrons. The highest BCUT2D eigenvalue weighted by Crippen LogP contribution is 2.39. The van der Waals surface area contributed by atoms with E-state index in [0.717, 1.165) is 21.4 Å². The molecule has 0 fully saturated rings. The predicted octanol–water partition coefficient (Wildman–Crippen LogP) is 2.64. The van der Waals surface area contributed by atoms with E-state index in [0.29, 0.717) is 17.3 Å². The fourth-order valence-corrected chi connectivity index (χ4v) is 3.72. The van der Waals surface area contributed by atoms with Crippen molar-refractivity contribution >= 4 is 23.1 Å². The highest BCUT2D eigenvalue weighted by Gasteiger charge is 2.15. The van der Waals surface area contributed by atoms with Crippen molar-refractivity contribution in [2.75, 3.05) is 14.2 Å². The highest BCUT2D eigenvalue weighted by atomic mass is 32.2. The van der Waals surface area contributed by atoms with Crippen molar-refractivity contribution in [3.05, 3.63) is 29.3 Å². The van der Waals surface area contributed by atoms with Crippen LogP contribution in [-0.4, -0.2) is 39.4 Å². The molecule has 0 unspecified atom stereocenters. The van der Waals surface area contributed by atoms with Crippen molar-refractivity contribution in [3.63, 3.8) is 0 Å². The molecule has 23 heavy (non-hydrogen) atoms. The highest BCUT2D eigenvalue weighted by molar-refractivity contribution is 7.98. The lowest BCUT2D eigenvalue weighted by atomic mass is 10.2. The van der Waals surface area contributed by atoms with Crippen molar-refractivity contribution in [1.29, 1.82) is 0 Å². The normalized spacial score (nSPS) is 10.7. The molecule has 9 heteroatoms. The smallest absolute Gasteiger partial charge is 0.209 e. The molecular formula is C14H15N5O2S2. The number of nitrogens with zero attached hydrogens (tertiary/aromatic N) is 5. The van der Waals surface area contributed by atoms with E-state index in [4.69, 9.17) is 9.47 Å². The third kappa shape index (κ3) is 3.30. The topological polar surface area (TPSA) is 75.0 Å². The number of aryl methyl sites for hydroxylation is 1. The van der Waals surface area contributed by atoms with Gasteiger partial charge in [0.2, 0.25) is 5.16 Å². The molecular weight excluding hydrogens is 334 g/mol. The van der Waals surface area contributed by atoms with E-state index in [-0.39, 0.29) is 0 Å². The minimum atomic E-state index is 0.695. The van der Waals surface area contributed by atoms with Crippen molar-refractivity contribution < 1.29 is 9.47 Å². The number of thioether (sulfide) groups is 1. The monoisotopic (exact) mass is 349 g/mol. The van der Waals surface area contributed by atoms with Crippen molar-refractivity contribution in [1.82, 2.24) is 25.2 Å². The Labute approximate surface area is 141 Å². The standard InChI is InChI=1S/C14H15N5O2S2/c1-19-14(16-17-18-19)23-8-9-7-22-13(15-9)10-5-4-6-11(20-2)12(10)21-3/h4-7H,8H2,1-3H3. The Morgan fingerprint density at radius 1 is 1.26 bits per heavy atom. The number of ether oxygens (including phenoxy) is 2. The van der Waals surface area contributed by atoms with Crippen LogP contribution < -0.4 is 9.47 Å². The van der Waals surface area contributed by atoms with Crippen LogP contribution in [0.5, 0.6) is 11.5 Å². The van der Waals surface area contributed by atoms with Gasteiger partial charge in [-0.05, 0) is 22.6 Å². The predicted molar refractivity (Wildman–Crippen MR) is 89.0 cm³/mol. The zero-order valence-corrected chi connectivity index (χ0v) is 14.5. The number of para-hydroxylation sites is 1. The molecule has 0 bridgehead atoms. The summed E-state index contributed by atoms with van der Waals surface area (Å²) in [5, 5.41) is 15.1. The number of benzene rings is 1. The second-order valence-electron chi connectivity index (χ2n) is 4.56. The van der Waals surface area contributed by atoms with Gasteiger partial charge in [-0.2, -0.15) is 0 Å². The van der Waals surface area contributed by atoms with Crippen LogP contribution in [0.4, 0.5) is 0 Å². The van der Waals surface area contributed by atoms with Gasteiger partial charge in [-0.15, -0.1) is 16.4 Å². The number of rotatable bonds is 6. The molecule has 3 aromatic rings. The first kappa shape index (κ1) is 15.8. The average Bonchev–Trinajstić information content (AvgIpc) is 3.21. The SMILES string of the molecule is COc1cccc(-c2nc(CSc3nnnn3C)cs2)c1OC. The molecule has 1 aromatic carbocycles. The van der Waals surface area contributed by atoms with Crippen molar-refractivity contribution in [3.8, 4) is 22.1 Å². The Balaban J connectivity index is 1.81. The minimum Gasteiger partial charge on any atom is -0.493 e. The summed E-state index contributed by atoms with van der Waals surface area (Å²) in [7, 11) is 5.07. The van der Waals surface area contributed by atoms with Gasteiger partial charge < -0.3 is 9.47 Å². The van der Waals surface area contributed by atoms with Gasteiger partial charge >= 0.3 is 0 Å². The minimum absolute atomic E-state index is 0.695. The van der Waals surface area contributed by atoms with Crippen LogP contribution in [0, 0.1) is 0 Å². The second-order valence-corrected chi connectivity index (χ2v) is 6.36. The van der Waals surface area contributed by atoms with Crippen LogP contribution in [-0.2, 0) is 12.8 Å². The van der Waals surface area contributed by atoms with Crippen molar-refractivity contribution in [2.45, 2.75) is 10.9 Å². The first-order valence-electron chi connectivity index (χ1n) is 6.74. The van der Waals surface area contributed by atoms with Gasteiger partial charge in [0.15, 0.2) is 11.5 Å². The molecule has 0 amide bonds.